The molecule has 6 atom stereocenters. The summed E-state index contributed by atoms with van der Waals surface area (Å²) in [5.74, 6) is -0.186. The lowest BCUT2D eigenvalue weighted by molar-refractivity contribution is -0.138. The van der Waals surface area contributed by atoms with Gasteiger partial charge in [-0.1, -0.05) is 0 Å². The summed E-state index contributed by atoms with van der Waals surface area (Å²) in [7, 11) is 3.86. The van der Waals surface area contributed by atoms with Crippen LogP contribution in [0.5, 0.6) is 0 Å². The molecule has 2 saturated heterocycles. The number of fused-ring (bicyclic) bond motifs is 1. The van der Waals surface area contributed by atoms with Crippen LogP contribution >= 0.6 is 0 Å². The number of ether oxygens (including phenoxy) is 1. The van der Waals surface area contributed by atoms with E-state index < -0.39 is 30.4 Å². The average Bonchev–Trinajstić information content (AvgIpc) is 3.48. The zero-order valence-electron chi connectivity index (χ0n) is 19.4. The third-order valence-electron chi connectivity index (χ3n) is 6.95. The standard InChI is InChI=1S/C22H30N8O4/c1-11-8-12(4-6-28(11)2)26-21(33)18-16(31)17(32)22(34-18)30-9-13(14-5-7-29(3)27-14)15-19(23)24-10-25-20(15)30/h5,7,9-12,16-18,22,31-32H,4,6,8H2,1-3H3,(H,26,33)(H2,23,24,25)/t11-,12-,16+,17-,18+,22-/m1/s1. The van der Waals surface area contributed by atoms with E-state index in [1.807, 2.05) is 6.07 Å². The summed E-state index contributed by atoms with van der Waals surface area (Å²) in [6, 6.07) is 2.15. The monoisotopic (exact) mass is 470 g/mol. The number of aliphatic hydroxyl groups is 2. The first-order valence-electron chi connectivity index (χ1n) is 11.4. The number of hydrogen-bond donors (Lipinski definition) is 4. The molecule has 34 heavy (non-hydrogen) atoms. The second-order valence-electron chi connectivity index (χ2n) is 9.27. The van der Waals surface area contributed by atoms with Crippen LogP contribution in [0.15, 0.2) is 24.8 Å². The first-order valence-corrected chi connectivity index (χ1v) is 11.4. The maximum atomic E-state index is 13.0. The molecular weight excluding hydrogens is 440 g/mol. The van der Waals surface area contributed by atoms with Crippen LogP contribution in [0.3, 0.4) is 0 Å². The van der Waals surface area contributed by atoms with Crippen LogP contribution in [0.2, 0.25) is 0 Å². The summed E-state index contributed by atoms with van der Waals surface area (Å²) < 4.78 is 9.18. The van der Waals surface area contributed by atoms with Gasteiger partial charge < -0.3 is 35.5 Å². The van der Waals surface area contributed by atoms with E-state index >= 15 is 0 Å². The molecule has 0 aromatic carbocycles. The number of piperidine rings is 1. The fourth-order valence-corrected chi connectivity index (χ4v) is 4.87. The Balaban J connectivity index is 1.43. The molecule has 0 unspecified atom stereocenters. The molecular formula is C22H30N8O4. The smallest absolute Gasteiger partial charge is 0.252 e. The number of likely N-dealkylation sites (tertiary alicyclic amines) is 1. The number of aromatic nitrogens is 5. The molecule has 0 radical (unpaired) electrons. The van der Waals surface area contributed by atoms with Crippen LogP contribution in [0.1, 0.15) is 26.0 Å². The fourth-order valence-electron chi connectivity index (χ4n) is 4.87. The van der Waals surface area contributed by atoms with Gasteiger partial charge in [-0.15, -0.1) is 0 Å². The summed E-state index contributed by atoms with van der Waals surface area (Å²) >= 11 is 0. The van der Waals surface area contributed by atoms with E-state index in [0.29, 0.717) is 28.3 Å². The number of carbonyl (C=O) groups excluding carboxylic acids is 1. The van der Waals surface area contributed by atoms with Crippen molar-refractivity contribution < 1.29 is 19.7 Å². The SMILES string of the molecule is C[C@@H]1C[C@H](NC(=O)[C@H]2O[C@@H](n3cc(-c4ccn(C)n4)c4c(N)ncnc43)[C@H](O)[C@@H]2O)CCN1C. The second-order valence-corrected chi connectivity index (χ2v) is 9.27. The van der Waals surface area contributed by atoms with Crippen LogP contribution in [-0.2, 0) is 16.6 Å². The summed E-state index contributed by atoms with van der Waals surface area (Å²) in [6.07, 6.45) is 1.43. The Morgan fingerprint density at radius 2 is 2.06 bits per heavy atom. The highest BCUT2D eigenvalue weighted by Crippen LogP contribution is 2.38. The van der Waals surface area contributed by atoms with Gasteiger partial charge in [0.2, 0.25) is 0 Å². The molecule has 12 nitrogen and oxygen atoms in total. The van der Waals surface area contributed by atoms with Crippen molar-refractivity contribution >= 4 is 22.8 Å². The molecule has 5 rings (SSSR count). The molecule has 2 aliphatic rings. The molecule has 12 heteroatoms. The van der Waals surface area contributed by atoms with Crippen LogP contribution in [-0.4, -0.2) is 89.3 Å². The molecule has 0 spiro atoms. The first-order chi connectivity index (χ1) is 16.2. The van der Waals surface area contributed by atoms with Crippen molar-refractivity contribution in [1.82, 2.24) is 34.5 Å². The van der Waals surface area contributed by atoms with Gasteiger partial charge in [0.1, 0.15) is 30.0 Å². The number of nitrogens with one attached hydrogen (secondary N) is 1. The molecule has 1 amide bonds. The number of aryl methyl sites for hydroxylation is 1. The van der Waals surface area contributed by atoms with E-state index in [4.69, 9.17) is 10.5 Å². The summed E-state index contributed by atoms with van der Waals surface area (Å²) in [4.78, 5) is 23.7. The maximum Gasteiger partial charge on any atom is 0.252 e. The van der Waals surface area contributed by atoms with E-state index in [0.717, 1.165) is 19.4 Å². The molecule has 2 aliphatic heterocycles. The molecule has 0 aliphatic carbocycles. The Kier molecular flexibility index (Phi) is 5.76. The molecule has 3 aromatic heterocycles. The number of anilines is 1. The summed E-state index contributed by atoms with van der Waals surface area (Å²) in [6.45, 7) is 2.99. The Hall–Kier alpha value is -3.06. The van der Waals surface area contributed by atoms with Crippen LogP contribution in [0, 0.1) is 0 Å². The van der Waals surface area contributed by atoms with Gasteiger partial charge in [0.05, 0.1) is 11.1 Å². The fraction of sp³-hybridized carbons (Fsp3) is 0.545. The van der Waals surface area contributed by atoms with Crippen LogP contribution in [0.25, 0.3) is 22.3 Å². The van der Waals surface area contributed by atoms with Crippen molar-refractivity contribution in [3.05, 3.63) is 24.8 Å². The predicted octanol–water partition coefficient (Wildman–Crippen LogP) is -0.368. The van der Waals surface area contributed by atoms with Crippen molar-refractivity contribution in [3.63, 3.8) is 0 Å². The molecule has 0 saturated carbocycles. The Morgan fingerprint density at radius 3 is 2.76 bits per heavy atom. The zero-order chi connectivity index (χ0) is 24.1. The minimum Gasteiger partial charge on any atom is -0.387 e. The molecule has 5 N–H and O–H groups in total. The van der Waals surface area contributed by atoms with E-state index in [-0.39, 0.29) is 11.9 Å². The molecule has 5 heterocycles. The van der Waals surface area contributed by atoms with Crippen molar-refractivity contribution in [1.29, 1.82) is 0 Å². The van der Waals surface area contributed by atoms with Crippen molar-refractivity contribution in [2.24, 2.45) is 7.05 Å². The third-order valence-corrected chi connectivity index (χ3v) is 6.95. The van der Waals surface area contributed by atoms with Gasteiger partial charge in [0, 0.05) is 43.6 Å². The second kappa shape index (κ2) is 8.62. The van der Waals surface area contributed by atoms with E-state index in [9.17, 15) is 15.0 Å². The number of nitrogens with zero attached hydrogens (tertiary/aromatic N) is 6. The third kappa shape index (κ3) is 3.82. The minimum atomic E-state index is -1.40. The van der Waals surface area contributed by atoms with Crippen molar-refractivity contribution in [2.75, 3.05) is 19.3 Å². The molecule has 182 valence electrons. The van der Waals surface area contributed by atoms with Gasteiger partial charge in [-0.05, 0) is 32.9 Å². The Morgan fingerprint density at radius 1 is 1.26 bits per heavy atom. The topological polar surface area (TPSA) is 157 Å². The number of hydrogen-bond acceptors (Lipinski definition) is 9. The van der Waals surface area contributed by atoms with Crippen LogP contribution in [0.4, 0.5) is 5.82 Å². The van der Waals surface area contributed by atoms with Gasteiger partial charge in [-0.2, -0.15) is 5.10 Å². The Labute approximate surface area is 196 Å². The number of nitrogens with two attached hydrogens (primary N) is 1. The lowest BCUT2D eigenvalue weighted by Gasteiger charge is -2.35. The van der Waals surface area contributed by atoms with E-state index in [2.05, 4.69) is 39.3 Å². The highest BCUT2D eigenvalue weighted by atomic mass is 16.6. The normalized spacial score (nSPS) is 30.1. The highest BCUT2D eigenvalue weighted by Gasteiger charge is 2.48. The average molecular weight is 471 g/mol. The van der Waals surface area contributed by atoms with E-state index in [1.54, 1.807) is 28.7 Å². The summed E-state index contributed by atoms with van der Waals surface area (Å²) in [5, 5.41) is 29.5. The molecule has 2 fully saturated rings. The maximum absolute atomic E-state index is 13.0. The quantitative estimate of drug-likeness (QED) is 0.399. The highest BCUT2D eigenvalue weighted by molar-refractivity contribution is 5.99. The van der Waals surface area contributed by atoms with Crippen molar-refractivity contribution in [2.45, 2.75) is 56.4 Å². The Bertz CT molecular complexity index is 1210. The van der Waals surface area contributed by atoms with E-state index in [1.165, 1.54) is 6.33 Å². The molecule has 3 aromatic rings. The zero-order valence-corrected chi connectivity index (χ0v) is 19.4. The van der Waals surface area contributed by atoms with Crippen molar-refractivity contribution in [3.8, 4) is 11.3 Å². The largest absolute Gasteiger partial charge is 0.387 e. The van der Waals surface area contributed by atoms with Gasteiger partial charge >= 0.3 is 0 Å². The minimum absolute atomic E-state index is 0.0126. The lowest BCUT2D eigenvalue weighted by Crippen LogP contribution is -2.51. The number of carbonyl (C=O) groups is 1. The number of aliphatic hydroxyl groups excluding tert-OH is 2. The number of nitrogen functional groups attached to an aromatic ring is 1. The number of rotatable bonds is 4. The van der Waals surface area contributed by atoms with Gasteiger partial charge in [-0.25, -0.2) is 9.97 Å². The first kappa shape index (κ1) is 22.7. The van der Waals surface area contributed by atoms with Crippen LogP contribution < -0.4 is 11.1 Å². The van der Waals surface area contributed by atoms with Gasteiger partial charge in [0.25, 0.3) is 5.91 Å². The number of amides is 1. The summed E-state index contributed by atoms with van der Waals surface area (Å²) in [5.41, 5.74) is 7.87. The van der Waals surface area contributed by atoms with Gasteiger partial charge in [0.15, 0.2) is 12.3 Å². The molecule has 0 bridgehead atoms. The lowest BCUT2D eigenvalue weighted by atomic mass is 9.98. The van der Waals surface area contributed by atoms with Gasteiger partial charge in [-0.3, -0.25) is 9.48 Å². The predicted molar refractivity (Wildman–Crippen MR) is 123 cm³/mol.